The van der Waals surface area contributed by atoms with Crippen molar-refractivity contribution in [3.8, 4) is 11.1 Å². The van der Waals surface area contributed by atoms with Gasteiger partial charge in [-0.15, -0.1) is 0 Å². The second-order valence-electron chi connectivity index (χ2n) is 5.83. The quantitative estimate of drug-likeness (QED) is 0.649. The van der Waals surface area contributed by atoms with Crippen LogP contribution < -0.4 is 0 Å². The first-order chi connectivity index (χ1) is 9.83. The normalized spacial score (nSPS) is 16.2. The monoisotopic (exact) mass is 258 g/mol. The third-order valence-electron chi connectivity index (χ3n) is 4.50. The minimum atomic E-state index is 1.14. The van der Waals surface area contributed by atoms with Crippen molar-refractivity contribution in [3.05, 3.63) is 76.9 Å². The van der Waals surface area contributed by atoms with Crippen molar-refractivity contribution in [1.82, 2.24) is 0 Å². The van der Waals surface area contributed by atoms with Crippen LogP contribution in [0.1, 0.15) is 29.5 Å². The molecular weight excluding hydrogens is 240 g/mol. The molecule has 0 unspecified atom stereocenters. The van der Waals surface area contributed by atoms with E-state index in [0.717, 1.165) is 6.42 Å². The summed E-state index contributed by atoms with van der Waals surface area (Å²) in [5.74, 6) is 0. The molecule has 0 nitrogen and oxygen atoms in total. The molecule has 0 amide bonds. The van der Waals surface area contributed by atoms with Crippen LogP contribution in [0.2, 0.25) is 0 Å². The van der Waals surface area contributed by atoms with Gasteiger partial charge in [0.15, 0.2) is 0 Å². The van der Waals surface area contributed by atoms with Crippen LogP contribution in [0.15, 0.2) is 60.2 Å². The van der Waals surface area contributed by atoms with Crippen molar-refractivity contribution < 1.29 is 0 Å². The lowest BCUT2D eigenvalue weighted by Gasteiger charge is -2.10. The lowest BCUT2D eigenvalue weighted by molar-refractivity contribution is 0.935. The zero-order valence-electron chi connectivity index (χ0n) is 11.8. The molecule has 0 radical (unpaired) electrons. The first-order valence-corrected chi connectivity index (χ1v) is 7.41. The molecule has 4 rings (SSSR count). The lowest BCUT2D eigenvalue weighted by atomic mass is 9.94. The van der Waals surface area contributed by atoms with E-state index in [4.69, 9.17) is 0 Å². The van der Waals surface area contributed by atoms with E-state index in [9.17, 15) is 0 Å². The fourth-order valence-electron chi connectivity index (χ4n) is 3.42. The molecule has 0 aromatic heterocycles. The fraction of sp³-hybridized carbons (Fsp3) is 0.200. The summed E-state index contributed by atoms with van der Waals surface area (Å²) in [5, 5.41) is 0. The molecule has 0 heterocycles. The molecule has 0 spiro atoms. The number of benzene rings is 2. The van der Waals surface area contributed by atoms with Crippen LogP contribution in [-0.4, -0.2) is 0 Å². The second kappa shape index (κ2) is 4.49. The number of rotatable bonds is 1. The zero-order chi connectivity index (χ0) is 13.5. The highest BCUT2D eigenvalue weighted by molar-refractivity contribution is 5.88. The topological polar surface area (TPSA) is 0 Å². The summed E-state index contributed by atoms with van der Waals surface area (Å²) >= 11 is 0. The van der Waals surface area contributed by atoms with E-state index in [-0.39, 0.29) is 0 Å². The predicted molar refractivity (Wildman–Crippen MR) is 85.6 cm³/mol. The molecular formula is C20H18. The van der Waals surface area contributed by atoms with Crippen molar-refractivity contribution in [2.45, 2.75) is 26.2 Å². The van der Waals surface area contributed by atoms with Crippen LogP contribution in [-0.2, 0) is 6.42 Å². The molecule has 0 bridgehead atoms. The first-order valence-electron chi connectivity index (χ1n) is 7.41. The summed E-state index contributed by atoms with van der Waals surface area (Å²) in [6, 6.07) is 15.7. The molecule has 0 saturated carbocycles. The molecule has 0 fully saturated rings. The molecule has 20 heavy (non-hydrogen) atoms. The van der Waals surface area contributed by atoms with Gasteiger partial charge in [0, 0.05) is 0 Å². The van der Waals surface area contributed by atoms with Gasteiger partial charge in [0.1, 0.15) is 0 Å². The van der Waals surface area contributed by atoms with E-state index in [1.807, 2.05) is 0 Å². The number of hydrogen-bond donors (Lipinski definition) is 0. The fourth-order valence-corrected chi connectivity index (χ4v) is 3.42. The Labute approximate surface area is 120 Å². The Kier molecular flexibility index (Phi) is 2.63. The van der Waals surface area contributed by atoms with Gasteiger partial charge in [-0.05, 0) is 54.0 Å². The molecule has 0 heteroatoms. The van der Waals surface area contributed by atoms with Gasteiger partial charge in [-0.2, -0.15) is 0 Å². The zero-order valence-corrected chi connectivity index (χ0v) is 11.8. The van der Waals surface area contributed by atoms with E-state index in [1.165, 1.54) is 46.2 Å². The second-order valence-corrected chi connectivity index (χ2v) is 5.83. The van der Waals surface area contributed by atoms with E-state index in [2.05, 4.69) is 61.5 Å². The van der Waals surface area contributed by atoms with Crippen molar-refractivity contribution in [2.24, 2.45) is 0 Å². The summed E-state index contributed by atoms with van der Waals surface area (Å²) in [7, 11) is 0. The summed E-state index contributed by atoms with van der Waals surface area (Å²) in [6.07, 6.45) is 8.20. The highest BCUT2D eigenvalue weighted by Crippen LogP contribution is 2.42. The minimum Gasteiger partial charge on any atom is -0.0836 e. The van der Waals surface area contributed by atoms with Gasteiger partial charge in [0.2, 0.25) is 0 Å². The molecule has 0 saturated heterocycles. The first kappa shape index (κ1) is 11.7. The summed E-state index contributed by atoms with van der Waals surface area (Å²) in [5.41, 5.74) is 10.2. The van der Waals surface area contributed by atoms with E-state index < -0.39 is 0 Å². The minimum absolute atomic E-state index is 1.14. The third kappa shape index (κ3) is 1.76. The Morgan fingerprint density at radius 2 is 1.70 bits per heavy atom. The SMILES string of the molecule is Cc1ccc(-c2cccc3c2CC2=C3C=CCC2)cc1. The van der Waals surface area contributed by atoms with Gasteiger partial charge in [0.25, 0.3) is 0 Å². The third-order valence-corrected chi connectivity index (χ3v) is 4.50. The van der Waals surface area contributed by atoms with Crippen LogP contribution in [0.5, 0.6) is 0 Å². The molecule has 98 valence electrons. The number of aryl methyl sites for hydroxylation is 1. The lowest BCUT2D eigenvalue weighted by Crippen LogP contribution is -1.90. The van der Waals surface area contributed by atoms with Crippen molar-refractivity contribution in [2.75, 3.05) is 0 Å². The largest absolute Gasteiger partial charge is 0.0836 e. The van der Waals surface area contributed by atoms with Crippen molar-refractivity contribution >= 4 is 5.57 Å². The van der Waals surface area contributed by atoms with Crippen LogP contribution in [0.25, 0.3) is 16.7 Å². The Balaban J connectivity index is 1.85. The van der Waals surface area contributed by atoms with Crippen molar-refractivity contribution in [1.29, 1.82) is 0 Å². The number of fused-ring (bicyclic) bond motifs is 2. The van der Waals surface area contributed by atoms with Crippen LogP contribution in [0.4, 0.5) is 0 Å². The molecule has 0 atom stereocenters. The van der Waals surface area contributed by atoms with Gasteiger partial charge < -0.3 is 0 Å². The summed E-state index contributed by atoms with van der Waals surface area (Å²) in [4.78, 5) is 0. The Hall–Kier alpha value is -2.08. The standard InChI is InChI=1S/C20H18/c1-14-9-11-15(12-10-14)17-7-4-8-19-18-6-3-2-5-16(18)13-20(17)19/h3-4,6-12H,2,5,13H2,1H3. The van der Waals surface area contributed by atoms with Crippen LogP contribution >= 0.6 is 0 Å². The molecule has 2 aliphatic rings. The maximum atomic E-state index is 2.32. The Bertz CT molecular complexity index is 727. The van der Waals surface area contributed by atoms with Crippen molar-refractivity contribution in [3.63, 3.8) is 0 Å². The smallest absolute Gasteiger partial charge is 0.00454 e. The summed E-state index contributed by atoms with van der Waals surface area (Å²) in [6.45, 7) is 2.14. The average Bonchev–Trinajstić information content (AvgIpc) is 2.87. The number of hydrogen-bond acceptors (Lipinski definition) is 0. The van der Waals surface area contributed by atoms with E-state index >= 15 is 0 Å². The molecule has 2 aliphatic carbocycles. The highest BCUT2D eigenvalue weighted by atomic mass is 14.3. The average molecular weight is 258 g/mol. The van der Waals surface area contributed by atoms with Gasteiger partial charge >= 0.3 is 0 Å². The van der Waals surface area contributed by atoms with Gasteiger partial charge in [-0.1, -0.05) is 65.8 Å². The molecule has 2 aromatic rings. The van der Waals surface area contributed by atoms with Crippen LogP contribution in [0.3, 0.4) is 0 Å². The Morgan fingerprint density at radius 3 is 2.55 bits per heavy atom. The van der Waals surface area contributed by atoms with E-state index in [0.29, 0.717) is 0 Å². The Morgan fingerprint density at radius 1 is 0.900 bits per heavy atom. The van der Waals surface area contributed by atoms with Gasteiger partial charge in [0.05, 0.1) is 0 Å². The maximum absolute atomic E-state index is 2.32. The van der Waals surface area contributed by atoms with Gasteiger partial charge in [-0.25, -0.2) is 0 Å². The van der Waals surface area contributed by atoms with Crippen LogP contribution in [0, 0.1) is 6.92 Å². The predicted octanol–water partition coefficient (Wildman–Crippen LogP) is 5.32. The molecule has 0 N–H and O–H groups in total. The molecule has 2 aromatic carbocycles. The van der Waals surface area contributed by atoms with E-state index in [1.54, 1.807) is 5.57 Å². The maximum Gasteiger partial charge on any atom is -0.00454 e. The van der Waals surface area contributed by atoms with Gasteiger partial charge in [-0.3, -0.25) is 0 Å². The summed E-state index contributed by atoms with van der Waals surface area (Å²) < 4.78 is 0. The molecule has 0 aliphatic heterocycles. The number of allylic oxidation sites excluding steroid dienone is 4. The highest BCUT2D eigenvalue weighted by Gasteiger charge is 2.23.